The first kappa shape index (κ1) is 16.0. The van der Waals surface area contributed by atoms with Crippen LogP contribution in [0.25, 0.3) is 21.7 Å². The molecule has 0 aliphatic carbocycles. The fourth-order valence-corrected chi connectivity index (χ4v) is 3.27. The van der Waals surface area contributed by atoms with Crippen molar-refractivity contribution in [1.29, 1.82) is 0 Å². The fraction of sp³-hybridized carbons (Fsp3) is 0.316. The Morgan fingerprint density at radius 2 is 1.87 bits per heavy atom. The molecule has 2 aromatic carbocycles. The number of rotatable bonds is 6. The van der Waals surface area contributed by atoms with E-state index in [2.05, 4.69) is 41.2 Å². The number of hydrogen-bond acceptors (Lipinski definition) is 3. The molecule has 0 unspecified atom stereocenters. The Morgan fingerprint density at radius 3 is 2.65 bits per heavy atom. The summed E-state index contributed by atoms with van der Waals surface area (Å²) in [5.41, 5.74) is 1.95. The Labute approximate surface area is 142 Å². The van der Waals surface area contributed by atoms with Crippen molar-refractivity contribution in [3.05, 3.63) is 47.6 Å². The smallest absolute Gasteiger partial charge is 0.0915 e. The zero-order chi connectivity index (χ0) is 16.2. The monoisotopic (exact) mass is 327 g/mol. The van der Waals surface area contributed by atoms with Gasteiger partial charge in [-0.3, -0.25) is 4.98 Å². The molecule has 3 nitrogen and oxygen atoms in total. The van der Waals surface area contributed by atoms with Gasteiger partial charge in [-0.2, -0.15) is 0 Å². The second-order valence-corrected chi connectivity index (χ2v) is 6.00. The third-order valence-corrected chi connectivity index (χ3v) is 4.72. The zero-order valence-electron chi connectivity index (χ0n) is 13.6. The molecular weight excluding hydrogens is 306 g/mol. The van der Waals surface area contributed by atoms with E-state index in [-0.39, 0.29) is 0 Å². The minimum absolute atomic E-state index is 0.727. The van der Waals surface area contributed by atoms with E-state index < -0.39 is 0 Å². The number of likely N-dealkylation sites (N-methyl/N-ethyl adjacent to an activating group) is 1. The van der Waals surface area contributed by atoms with Crippen molar-refractivity contribution < 1.29 is 0 Å². The van der Waals surface area contributed by atoms with E-state index >= 15 is 0 Å². The summed E-state index contributed by atoms with van der Waals surface area (Å²) in [4.78, 5) is 6.89. The third kappa shape index (κ3) is 3.26. The normalized spacial score (nSPS) is 11.5. The summed E-state index contributed by atoms with van der Waals surface area (Å²) in [7, 11) is 0. The van der Waals surface area contributed by atoms with Crippen LogP contribution in [0.2, 0.25) is 5.02 Å². The van der Waals surface area contributed by atoms with Crippen LogP contribution in [-0.4, -0.2) is 36.1 Å². The minimum Gasteiger partial charge on any atom is -0.383 e. The molecular formula is C19H22ClN3. The van der Waals surface area contributed by atoms with Crippen molar-refractivity contribution in [2.75, 3.05) is 31.5 Å². The molecule has 0 radical (unpaired) electrons. The van der Waals surface area contributed by atoms with Crippen molar-refractivity contribution in [3.63, 3.8) is 0 Å². The lowest BCUT2D eigenvalue weighted by Crippen LogP contribution is -2.28. The van der Waals surface area contributed by atoms with Crippen LogP contribution in [0.5, 0.6) is 0 Å². The molecule has 0 aliphatic rings. The Kier molecular flexibility index (Phi) is 4.99. The first-order valence-electron chi connectivity index (χ1n) is 8.16. The number of nitrogens with one attached hydrogen (secondary N) is 1. The van der Waals surface area contributed by atoms with Crippen molar-refractivity contribution in [1.82, 2.24) is 9.88 Å². The molecule has 23 heavy (non-hydrogen) atoms. The van der Waals surface area contributed by atoms with Gasteiger partial charge in [-0.25, -0.2) is 0 Å². The Bertz CT molecular complexity index is 812. The molecule has 0 aliphatic heterocycles. The molecule has 0 saturated carbocycles. The topological polar surface area (TPSA) is 28.2 Å². The Hall–Kier alpha value is -1.84. The predicted octanol–water partition coefficient (Wildman–Crippen LogP) is 4.80. The predicted molar refractivity (Wildman–Crippen MR) is 101 cm³/mol. The minimum atomic E-state index is 0.727. The van der Waals surface area contributed by atoms with Crippen LogP contribution in [-0.2, 0) is 0 Å². The summed E-state index contributed by atoms with van der Waals surface area (Å²) in [5, 5.41) is 7.54. The van der Waals surface area contributed by atoms with Crippen LogP contribution in [0, 0.1) is 0 Å². The van der Waals surface area contributed by atoms with Crippen LogP contribution < -0.4 is 5.32 Å². The SMILES string of the molecule is CCN(CC)CCNc1ccnc2c(Cl)c3ccccc3cc12. The van der Waals surface area contributed by atoms with Gasteiger partial charge in [0.25, 0.3) is 0 Å². The third-order valence-electron chi connectivity index (χ3n) is 4.33. The van der Waals surface area contributed by atoms with Gasteiger partial charge in [-0.15, -0.1) is 0 Å². The van der Waals surface area contributed by atoms with E-state index in [0.717, 1.165) is 58.6 Å². The maximum Gasteiger partial charge on any atom is 0.0915 e. The van der Waals surface area contributed by atoms with Gasteiger partial charge in [0.15, 0.2) is 0 Å². The lowest BCUT2D eigenvalue weighted by Gasteiger charge is -2.19. The summed E-state index contributed by atoms with van der Waals surface area (Å²) < 4.78 is 0. The molecule has 1 N–H and O–H groups in total. The number of halogens is 1. The first-order chi connectivity index (χ1) is 11.2. The maximum absolute atomic E-state index is 6.58. The zero-order valence-corrected chi connectivity index (χ0v) is 14.4. The van der Waals surface area contributed by atoms with Gasteiger partial charge in [0.05, 0.1) is 10.5 Å². The average Bonchev–Trinajstić information content (AvgIpc) is 2.59. The number of aromatic nitrogens is 1. The van der Waals surface area contributed by atoms with Crippen LogP contribution in [0.1, 0.15) is 13.8 Å². The van der Waals surface area contributed by atoms with Crippen LogP contribution in [0.15, 0.2) is 42.6 Å². The lowest BCUT2D eigenvalue weighted by molar-refractivity contribution is 0.316. The second kappa shape index (κ2) is 7.16. The summed E-state index contributed by atoms with van der Waals surface area (Å²) in [6, 6.07) is 12.4. The molecule has 120 valence electrons. The van der Waals surface area contributed by atoms with Gasteiger partial charge in [0, 0.05) is 35.7 Å². The molecule has 0 atom stereocenters. The molecule has 1 aromatic heterocycles. The van der Waals surface area contributed by atoms with E-state index in [1.54, 1.807) is 0 Å². The summed E-state index contributed by atoms with van der Waals surface area (Å²) in [6.07, 6.45) is 1.82. The molecule has 0 bridgehead atoms. The van der Waals surface area contributed by atoms with Crippen LogP contribution in [0.3, 0.4) is 0 Å². The number of fused-ring (bicyclic) bond motifs is 2. The van der Waals surface area contributed by atoms with Gasteiger partial charge < -0.3 is 10.2 Å². The molecule has 3 rings (SSSR count). The van der Waals surface area contributed by atoms with E-state index in [9.17, 15) is 0 Å². The number of anilines is 1. The highest BCUT2D eigenvalue weighted by Crippen LogP contribution is 2.34. The molecule has 0 saturated heterocycles. The van der Waals surface area contributed by atoms with Crippen molar-refractivity contribution in [2.45, 2.75) is 13.8 Å². The molecule has 0 fully saturated rings. The molecule has 4 heteroatoms. The van der Waals surface area contributed by atoms with Crippen LogP contribution in [0.4, 0.5) is 5.69 Å². The molecule has 1 heterocycles. The lowest BCUT2D eigenvalue weighted by atomic mass is 10.1. The number of nitrogens with zero attached hydrogens (tertiary/aromatic N) is 2. The standard InChI is InChI=1S/C19H22ClN3/c1-3-23(4-2)12-11-21-17-9-10-22-19-16(17)13-14-7-5-6-8-15(14)18(19)20/h5-10,13H,3-4,11-12H2,1-2H3,(H,21,22). The number of benzene rings is 2. The first-order valence-corrected chi connectivity index (χ1v) is 8.54. The molecule has 0 spiro atoms. The van der Waals surface area contributed by atoms with Gasteiger partial charge in [-0.1, -0.05) is 49.7 Å². The second-order valence-electron chi connectivity index (χ2n) is 5.62. The van der Waals surface area contributed by atoms with Gasteiger partial charge in [0.2, 0.25) is 0 Å². The number of pyridine rings is 1. The van der Waals surface area contributed by atoms with Gasteiger partial charge in [-0.05, 0) is 30.6 Å². The van der Waals surface area contributed by atoms with E-state index in [1.807, 2.05) is 30.5 Å². The molecule has 3 aromatic rings. The average molecular weight is 328 g/mol. The Balaban J connectivity index is 1.95. The van der Waals surface area contributed by atoms with Gasteiger partial charge in [0.1, 0.15) is 0 Å². The van der Waals surface area contributed by atoms with Crippen molar-refractivity contribution in [2.24, 2.45) is 0 Å². The highest BCUT2D eigenvalue weighted by molar-refractivity contribution is 6.40. The fourth-order valence-electron chi connectivity index (χ4n) is 2.94. The van der Waals surface area contributed by atoms with E-state index in [1.165, 1.54) is 0 Å². The van der Waals surface area contributed by atoms with Crippen molar-refractivity contribution in [3.8, 4) is 0 Å². The van der Waals surface area contributed by atoms with Gasteiger partial charge >= 0.3 is 0 Å². The van der Waals surface area contributed by atoms with E-state index in [0.29, 0.717) is 0 Å². The number of hydrogen-bond donors (Lipinski definition) is 1. The summed E-state index contributed by atoms with van der Waals surface area (Å²) in [5.74, 6) is 0. The quantitative estimate of drug-likeness (QED) is 0.659. The molecule has 0 amide bonds. The highest BCUT2D eigenvalue weighted by Gasteiger charge is 2.09. The maximum atomic E-state index is 6.58. The van der Waals surface area contributed by atoms with Crippen LogP contribution >= 0.6 is 11.6 Å². The highest BCUT2D eigenvalue weighted by atomic mass is 35.5. The Morgan fingerprint density at radius 1 is 1.09 bits per heavy atom. The van der Waals surface area contributed by atoms with E-state index in [4.69, 9.17) is 11.6 Å². The summed E-state index contributed by atoms with van der Waals surface area (Å²) in [6.45, 7) is 8.47. The largest absolute Gasteiger partial charge is 0.383 e. The summed E-state index contributed by atoms with van der Waals surface area (Å²) >= 11 is 6.58. The van der Waals surface area contributed by atoms with Crippen molar-refractivity contribution >= 4 is 39.0 Å².